The van der Waals surface area contributed by atoms with E-state index < -0.39 is 11.8 Å². The smallest absolute Gasteiger partial charge is 0.303 e. The summed E-state index contributed by atoms with van der Waals surface area (Å²) in [6, 6.07) is 12.8. The molecule has 0 saturated heterocycles. The van der Waals surface area contributed by atoms with Crippen molar-refractivity contribution < 1.29 is 24.1 Å². The fraction of sp³-hybridized carbons (Fsp3) is 0.182. The van der Waals surface area contributed by atoms with E-state index in [9.17, 15) is 14.3 Å². The summed E-state index contributed by atoms with van der Waals surface area (Å²) in [5.74, 6) is -0.467. The highest BCUT2D eigenvalue weighted by Gasteiger charge is 2.12. The largest absolute Gasteiger partial charge is 0.507 e. The number of carboxylic acids is 1. The zero-order valence-electron chi connectivity index (χ0n) is 16.2. The van der Waals surface area contributed by atoms with Crippen molar-refractivity contribution in [2.75, 3.05) is 19.0 Å². The molecule has 0 bridgehead atoms. The molecule has 3 N–H and O–H groups in total. The number of carbonyl (C=O) groups is 1. The highest BCUT2D eigenvalue weighted by Crippen LogP contribution is 2.35. The van der Waals surface area contributed by atoms with Crippen LogP contribution in [-0.2, 0) is 4.79 Å². The lowest BCUT2D eigenvalue weighted by Crippen LogP contribution is -2.06. The van der Waals surface area contributed by atoms with E-state index in [4.69, 9.17) is 21.4 Å². The number of carboxylic acid groups (broad SMARTS) is 1. The Morgan fingerprint density at radius 1 is 1.17 bits per heavy atom. The summed E-state index contributed by atoms with van der Waals surface area (Å²) >= 11 is 5.79. The van der Waals surface area contributed by atoms with Crippen molar-refractivity contribution in [3.63, 3.8) is 0 Å². The molecule has 0 fully saturated rings. The second-order valence-corrected chi connectivity index (χ2v) is 6.97. The third kappa shape index (κ3) is 5.18. The number of rotatable bonds is 8. The number of benzene rings is 2. The van der Waals surface area contributed by atoms with Gasteiger partial charge in [0.25, 0.3) is 0 Å². The fourth-order valence-electron chi connectivity index (χ4n) is 2.91. The molecule has 156 valence electrons. The van der Waals surface area contributed by atoms with Crippen LogP contribution in [0.5, 0.6) is 11.5 Å². The van der Waals surface area contributed by atoms with Crippen molar-refractivity contribution in [2.24, 2.45) is 0 Å². The van der Waals surface area contributed by atoms with Gasteiger partial charge in [0.15, 0.2) is 0 Å². The van der Waals surface area contributed by atoms with Crippen molar-refractivity contribution >= 4 is 23.4 Å². The van der Waals surface area contributed by atoms with Gasteiger partial charge in [0, 0.05) is 24.6 Å². The predicted molar refractivity (Wildman–Crippen MR) is 114 cm³/mol. The van der Waals surface area contributed by atoms with Gasteiger partial charge in [0.05, 0.1) is 17.8 Å². The number of aromatic hydroxyl groups is 1. The number of halogens is 2. The standard InChI is InChI=1S/C22H20ClFN2O4/c1-30-15-5-6-16(20(27)12-15)19-10-14(13-4-7-17(23)18(24)9-13)11-21(26-19)25-8-2-3-22(28)29/h4-7,9-12,27H,2-3,8H2,1H3,(H,25,26)(H,28,29). The lowest BCUT2D eigenvalue weighted by molar-refractivity contribution is -0.137. The minimum absolute atomic E-state index is 0.0156. The molecule has 0 saturated carbocycles. The van der Waals surface area contributed by atoms with E-state index in [1.54, 1.807) is 30.3 Å². The summed E-state index contributed by atoms with van der Waals surface area (Å²) < 4.78 is 19.1. The topological polar surface area (TPSA) is 91.7 Å². The van der Waals surface area contributed by atoms with Crippen LogP contribution in [0.4, 0.5) is 10.2 Å². The van der Waals surface area contributed by atoms with Gasteiger partial charge in [-0.15, -0.1) is 0 Å². The molecule has 0 aliphatic carbocycles. The number of anilines is 1. The van der Waals surface area contributed by atoms with Crippen LogP contribution in [0.1, 0.15) is 12.8 Å². The number of ether oxygens (including phenoxy) is 1. The van der Waals surface area contributed by atoms with Crippen LogP contribution in [0, 0.1) is 5.82 Å². The molecule has 0 aliphatic heterocycles. The average molecular weight is 431 g/mol. The third-order valence-corrected chi connectivity index (χ3v) is 4.74. The number of methoxy groups -OCH3 is 1. The minimum Gasteiger partial charge on any atom is -0.507 e. The maximum atomic E-state index is 14.0. The van der Waals surface area contributed by atoms with E-state index >= 15 is 0 Å². The number of phenolic OH excluding ortho intramolecular Hbond substituents is 1. The molecule has 8 heteroatoms. The molecule has 3 rings (SSSR count). The predicted octanol–water partition coefficient (Wildman–Crippen LogP) is 5.20. The Morgan fingerprint density at radius 2 is 1.97 bits per heavy atom. The Bertz CT molecular complexity index is 1070. The molecule has 0 amide bonds. The van der Waals surface area contributed by atoms with Gasteiger partial charge >= 0.3 is 5.97 Å². The van der Waals surface area contributed by atoms with E-state index in [0.29, 0.717) is 46.9 Å². The van der Waals surface area contributed by atoms with Gasteiger partial charge in [0.1, 0.15) is 23.1 Å². The summed E-state index contributed by atoms with van der Waals surface area (Å²) in [5, 5.41) is 22.3. The minimum atomic E-state index is -0.876. The molecular formula is C22H20ClFN2O4. The Balaban J connectivity index is 2.01. The third-order valence-electron chi connectivity index (χ3n) is 4.43. The highest BCUT2D eigenvalue weighted by atomic mass is 35.5. The molecule has 0 radical (unpaired) electrons. The zero-order chi connectivity index (χ0) is 21.7. The number of hydrogen-bond donors (Lipinski definition) is 3. The van der Waals surface area contributed by atoms with Gasteiger partial charge in [-0.1, -0.05) is 17.7 Å². The second-order valence-electron chi connectivity index (χ2n) is 6.56. The van der Waals surface area contributed by atoms with Crippen LogP contribution in [0.25, 0.3) is 22.4 Å². The maximum absolute atomic E-state index is 14.0. The fourth-order valence-corrected chi connectivity index (χ4v) is 3.03. The number of nitrogens with one attached hydrogen (secondary N) is 1. The molecule has 6 nitrogen and oxygen atoms in total. The Labute approximate surface area is 177 Å². The first-order valence-corrected chi connectivity index (χ1v) is 9.55. The second kappa shape index (κ2) is 9.45. The number of aliphatic carboxylic acids is 1. The van der Waals surface area contributed by atoms with Crippen LogP contribution < -0.4 is 10.1 Å². The molecule has 0 aliphatic rings. The molecule has 0 unspecified atom stereocenters. The lowest BCUT2D eigenvalue weighted by Gasteiger charge is -2.13. The molecular weight excluding hydrogens is 411 g/mol. The van der Waals surface area contributed by atoms with E-state index in [1.165, 1.54) is 25.3 Å². The van der Waals surface area contributed by atoms with Gasteiger partial charge in [-0.2, -0.15) is 0 Å². The van der Waals surface area contributed by atoms with Crippen molar-refractivity contribution in [3.05, 3.63) is 59.4 Å². The van der Waals surface area contributed by atoms with Crippen molar-refractivity contribution in [2.45, 2.75) is 12.8 Å². The van der Waals surface area contributed by atoms with Gasteiger partial charge in [-0.3, -0.25) is 4.79 Å². The van der Waals surface area contributed by atoms with Crippen LogP contribution in [0.2, 0.25) is 5.02 Å². The number of pyridine rings is 1. The van der Waals surface area contributed by atoms with E-state index in [2.05, 4.69) is 10.3 Å². The van der Waals surface area contributed by atoms with Crippen molar-refractivity contribution in [1.29, 1.82) is 0 Å². The number of aromatic nitrogens is 1. The number of nitrogens with zero attached hydrogens (tertiary/aromatic N) is 1. The Kier molecular flexibility index (Phi) is 6.74. The lowest BCUT2D eigenvalue weighted by atomic mass is 10.0. The first-order valence-electron chi connectivity index (χ1n) is 9.18. The highest BCUT2D eigenvalue weighted by molar-refractivity contribution is 6.30. The summed E-state index contributed by atoms with van der Waals surface area (Å²) in [4.78, 5) is 15.2. The Hall–Kier alpha value is -3.32. The first-order chi connectivity index (χ1) is 14.4. The van der Waals surface area contributed by atoms with Gasteiger partial charge < -0.3 is 20.3 Å². The molecule has 1 aromatic heterocycles. The summed E-state index contributed by atoms with van der Waals surface area (Å²) in [5.41, 5.74) is 2.18. The molecule has 1 heterocycles. The maximum Gasteiger partial charge on any atom is 0.303 e. The summed E-state index contributed by atoms with van der Waals surface area (Å²) in [6.45, 7) is 0.395. The molecule has 2 aromatic carbocycles. The van der Waals surface area contributed by atoms with E-state index in [0.717, 1.165) is 0 Å². The van der Waals surface area contributed by atoms with Crippen LogP contribution in [-0.4, -0.2) is 34.8 Å². The van der Waals surface area contributed by atoms with Crippen LogP contribution in [0.15, 0.2) is 48.5 Å². The van der Waals surface area contributed by atoms with Crippen molar-refractivity contribution in [3.8, 4) is 33.9 Å². The summed E-state index contributed by atoms with van der Waals surface area (Å²) in [6.07, 6.45) is 0.446. The quantitative estimate of drug-likeness (QED) is 0.425. The molecule has 3 aromatic rings. The van der Waals surface area contributed by atoms with Gasteiger partial charge in [-0.05, 0) is 53.9 Å². The summed E-state index contributed by atoms with van der Waals surface area (Å²) in [7, 11) is 1.50. The molecule has 0 atom stereocenters. The monoisotopic (exact) mass is 430 g/mol. The van der Waals surface area contributed by atoms with E-state index in [-0.39, 0.29) is 17.2 Å². The average Bonchev–Trinajstić information content (AvgIpc) is 2.72. The Morgan fingerprint density at radius 3 is 2.63 bits per heavy atom. The van der Waals surface area contributed by atoms with Crippen LogP contribution in [0.3, 0.4) is 0 Å². The molecule has 0 spiro atoms. The van der Waals surface area contributed by atoms with Crippen LogP contribution >= 0.6 is 11.6 Å². The SMILES string of the molecule is COc1ccc(-c2cc(-c3ccc(Cl)c(F)c3)cc(NCCCC(=O)O)n2)c(O)c1. The molecule has 30 heavy (non-hydrogen) atoms. The zero-order valence-corrected chi connectivity index (χ0v) is 16.9. The first kappa shape index (κ1) is 21.4. The van der Waals surface area contributed by atoms with E-state index in [1.807, 2.05) is 0 Å². The normalized spacial score (nSPS) is 10.6. The number of phenols is 1. The van der Waals surface area contributed by atoms with Crippen molar-refractivity contribution in [1.82, 2.24) is 4.98 Å². The van der Waals surface area contributed by atoms with Gasteiger partial charge in [-0.25, -0.2) is 9.37 Å². The van der Waals surface area contributed by atoms with Gasteiger partial charge in [0.2, 0.25) is 0 Å². The number of hydrogen-bond acceptors (Lipinski definition) is 5.